The Balaban J connectivity index is 1.45. The van der Waals surface area contributed by atoms with Gasteiger partial charge in [0.1, 0.15) is 6.61 Å². The first-order valence-electron chi connectivity index (χ1n) is 10.5. The first-order valence-corrected chi connectivity index (χ1v) is 12.1. The molecule has 1 aliphatic heterocycles. The fraction of sp³-hybridized carbons (Fsp3) is 0.115. The fourth-order valence-electron chi connectivity index (χ4n) is 3.36. The van der Waals surface area contributed by atoms with E-state index in [1.165, 1.54) is 24.1 Å². The first-order chi connectivity index (χ1) is 16.8. The highest BCUT2D eigenvalue weighted by molar-refractivity contribution is 9.10. The Hall–Kier alpha value is -3.56. The van der Waals surface area contributed by atoms with Crippen LogP contribution in [0.25, 0.3) is 6.08 Å². The molecule has 3 aromatic rings. The Bertz CT molecular complexity index is 1300. The number of aromatic carboxylic acids is 1. The minimum absolute atomic E-state index is 0.205. The SMILES string of the molecule is COc1cc(/C=C2\SC(=O)N(Cc3ccc(Br)cc3)C2=O)ccc1OCc1ccc(C(=O)O)cc1. The molecule has 1 N–H and O–H groups in total. The molecule has 1 saturated heterocycles. The van der Waals surface area contributed by atoms with Crippen LogP contribution in [0.4, 0.5) is 4.79 Å². The summed E-state index contributed by atoms with van der Waals surface area (Å²) >= 11 is 4.28. The van der Waals surface area contributed by atoms with Gasteiger partial charge >= 0.3 is 5.97 Å². The highest BCUT2D eigenvalue weighted by Gasteiger charge is 2.35. The number of hydrogen-bond acceptors (Lipinski definition) is 6. The summed E-state index contributed by atoms with van der Waals surface area (Å²) in [5.41, 5.74) is 2.56. The third kappa shape index (κ3) is 5.93. The van der Waals surface area contributed by atoms with E-state index in [-0.39, 0.29) is 29.9 Å². The molecule has 0 aromatic heterocycles. The van der Waals surface area contributed by atoms with E-state index in [0.29, 0.717) is 22.0 Å². The Morgan fingerprint density at radius 1 is 1.00 bits per heavy atom. The van der Waals surface area contributed by atoms with Gasteiger partial charge in [0.25, 0.3) is 11.1 Å². The maximum absolute atomic E-state index is 12.9. The number of nitrogens with zero attached hydrogens (tertiary/aromatic N) is 1. The van der Waals surface area contributed by atoms with Crippen LogP contribution in [0.1, 0.15) is 27.0 Å². The van der Waals surface area contributed by atoms with Crippen molar-refractivity contribution >= 4 is 50.9 Å². The maximum Gasteiger partial charge on any atom is 0.335 e. The molecule has 4 rings (SSSR count). The maximum atomic E-state index is 12.9. The molecule has 3 aromatic carbocycles. The minimum atomic E-state index is -0.985. The summed E-state index contributed by atoms with van der Waals surface area (Å²) in [6, 6.07) is 19.1. The van der Waals surface area contributed by atoms with Crippen LogP contribution in [-0.4, -0.2) is 34.2 Å². The molecule has 7 nitrogen and oxygen atoms in total. The van der Waals surface area contributed by atoms with E-state index in [1.54, 1.807) is 36.4 Å². The smallest absolute Gasteiger partial charge is 0.335 e. The van der Waals surface area contributed by atoms with Crippen LogP contribution in [0.15, 0.2) is 76.1 Å². The largest absolute Gasteiger partial charge is 0.493 e. The predicted molar refractivity (Wildman–Crippen MR) is 136 cm³/mol. The second kappa shape index (κ2) is 10.8. The summed E-state index contributed by atoms with van der Waals surface area (Å²) in [6.07, 6.45) is 1.66. The monoisotopic (exact) mass is 553 g/mol. The minimum Gasteiger partial charge on any atom is -0.493 e. The van der Waals surface area contributed by atoms with Gasteiger partial charge in [0.15, 0.2) is 11.5 Å². The normalized spacial score (nSPS) is 14.5. The molecule has 0 unspecified atom stereocenters. The van der Waals surface area contributed by atoms with Gasteiger partial charge in [0.2, 0.25) is 0 Å². The van der Waals surface area contributed by atoms with Gasteiger partial charge < -0.3 is 14.6 Å². The summed E-state index contributed by atoms with van der Waals surface area (Å²) in [6.45, 7) is 0.434. The average Bonchev–Trinajstić information content (AvgIpc) is 3.11. The van der Waals surface area contributed by atoms with E-state index < -0.39 is 5.97 Å². The van der Waals surface area contributed by atoms with Crippen LogP contribution in [0.5, 0.6) is 11.5 Å². The van der Waals surface area contributed by atoms with Crippen molar-refractivity contribution in [1.29, 1.82) is 0 Å². The number of hydrogen-bond donors (Lipinski definition) is 1. The zero-order valence-corrected chi connectivity index (χ0v) is 21.0. The lowest BCUT2D eigenvalue weighted by Gasteiger charge is -2.13. The van der Waals surface area contributed by atoms with E-state index in [9.17, 15) is 14.4 Å². The number of methoxy groups -OCH3 is 1. The summed E-state index contributed by atoms with van der Waals surface area (Å²) in [5, 5.41) is 8.69. The lowest BCUT2D eigenvalue weighted by molar-refractivity contribution is -0.123. The van der Waals surface area contributed by atoms with Gasteiger partial charge in [-0.2, -0.15) is 0 Å². The molecule has 1 aliphatic rings. The average molecular weight is 554 g/mol. The van der Waals surface area contributed by atoms with Crippen molar-refractivity contribution in [3.05, 3.63) is 98.4 Å². The number of carboxylic acids is 1. The van der Waals surface area contributed by atoms with Gasteiger partial charge in [0.05, 0.1) is 24.1 Å². The lowest BCUT2D eigenvalue weighted by atomic mass is 10.1. The van der Waals surface area contributed by atoms with Crippen LogP contribution in [0.2, 0.25) is 0 Å². The van der Waals surface area contributed by atoms with Crippen molar-refractivity contribution in [1.82, 2.24) is 4.90 Å². The Labute approximate surface area is 214 Å². The molecular formula is C26H20BrNO6S. The summed E-state index contributed by atoms with van der Waals surface area (Å²) in [5.74, 6) is -0.363. The number of rotatable bonds is 8. The second-order valence-corrected chi connectivity index (χ2v) is 9.50. The third-order valence-corrected chi connectivity index (χ3v) is 6.64. The number of ether oxygens (including phenoxy) is 2. The molecule has 0 bridgehead atoms. The van der Waals surface area contributed by atoms with Gasteiger partial charge in [-0.1, -0.05) is 46.3 Å². The van der Waals surface area contributed by atoms with Crippen molar-refractivity contribution in [2.24, 2.45) is 0 Å². The number of carbonyl (C=O) groups excluding carboxylic acids is 2. The van der Waals surface area contributed by atoms with Crippen molar-refractivity contribution < 1.29 is 29.0 Å². The summed E-state index contributed by atoms with van der Waals surface area (Å²) in [7, 11) is 1.51. The third-order valence-electron chi connectivity index (χ3n) is 5.21. The van der Waals surface area contributed by atoms with E-state index in [4.69, 9.17) is 14.6 Å². The van der Waals surface area contributed by atoms with E-state index in [2.05, 4.69) is 15.9 Å². The second-order valence-electron chi connectivity index (χ2n) is 7.60. The standard InChI is InChI=1S/C26H20BrNO6S/c1-33-22-12-18(6-11-21(22)34-15-17-2-7-19(8-3-17)25(30)31)13-23-24(29)28(26(32)35-23)14-16-4-9-20(27)10-5-16/h2-13H,14-15H2,1H3,(H,30,31)/b23-13-. The molecule has 0 aliphatic carbocycles. The highest BCUT2D eigenvalue weighted by atomic mass is 79.9. The zero-order chi connectivity index (χ0) is 24.9. The number of benzene rings is 3. The van der Waals surface area contributed by atoms with Crippen LogP contribution < -0.4 is 9.47 Å². The van der Waals surface area contributed by atoms with Gasteiger partial charge in [-0.15, -0.1) is 0 Å². The Kier molecular flexibility index (Phi) is 7.57. The van der Waals surface area contributed by atoms with E-state index >= 15 is 0 Å². The molecule has 0 radical (unpaired) electrons. The van der Waals surface area contributed by atoms with Crippen molar-refractivity contribution in [3.8, 4) is 11.5 Å². The summed E-state index contributed by atoms with van der Waals surface area (Å²) in [4.78, 5) is 37.8. The van der Waals surface area contributed by atoms with Crippen LogP contribution in [0.3, 0.4) is 0 Å². The number of carboxylic acid groups (broad SMARTS) is 1. The van der Waals surface area contributed by atoms with E-state index in [0.717, 1.165) is 27.4 Å². The van der Waals surface area contributed by atoms with Gasteiger partial charge in [-0.05, 0) is 70.9 Å². The predicted octanol–water partition coefficient (Wildman–Crippen LogP) is 5.97. The quantitative estimate of drug-likeness (QED) is 0.343. The number of carbonyl (C=O) groups is 3. The molecule has 35 heavy (non-hydrogen) atoms. The molecule has 0 atom stereocenters. The zero-order valence-electron chi connectivity index (χ0n) is 18.6. The fourth-order valence-corrected chi connectivity index (χ4v) is 4.46. The summed E-state index contributed by atoms with van der Waals surface area (Å²) < 4.78 is 12.2. The Morgan fingerprint density at radius 3 is 2.34 bits per heavy atom. The van der Waals surface area contributed by atoms with Crippen LogP contribution >= 0.6 is 27.7 Å². The molecule has 1 heterocycles. The van der Waals surface area contributed by atoms with Crippen LogP contribution in [0, 0.1) is 0 Å². The van der Waals surface area contributed by atoms with Crippen molar-refractivity contribution in [2.45, 2.75) is 13.2 Å². The van der Waals surface area contributed by atoms with Gasteiger partial charge in [-0.3, -0.25) is 14.5 Å². The molecule has 9 heteroatoms. The number of thioether (sulfide) groups is 1. The molecule has 2 amide bonds. The molecule has 1 fully saturated rings. The van der Waals surface area contributed by atoms with Gasteiger partial charge in [0, 0.05) is 4.47 Å². The number of imide groups is 1. The first kappa shape index (κ1) is 24.6. The molecular weight excluding hydrogens is 534 g/mol. The number of halogens is 1. The van der Waals surface area contributed by atoms with Gasteiger partial charge in [-0.25, -0.2) is 4.79 Å². The molecule has 0 spiro atoms. The van der Waals surface area contributed by atoms with E-state index in [1.807, 2.05) is 24.3 Å². The van der Waals surface area contributed by atoms with Crippen molar-refractivity contribution in [3.63, 3.8) is 0 Å². The highest BCUT2D eigenvalue weighted by Crippen LogP contribution is 2.35. The number of amides is 2. The Morgan fingerprint density at radius 2 is 1.69 bits per heavy atom. The van der Waals surface area contributed by atoms with Crippen molar-refractivity contribution in [2.75, 3.05) is 7.11 Å². The van der Waals surface area contributed by atoms with Crippen LogP contribution in [-0.2, 0) is 17.9 Å². The lowest BCUT2D eigenvalue weighted by Crippen LogP contribution is -2.27. The molecule has 0 saturated carbocycles. The topological polar surface area (TPSA) is 93.1 Å². The molecule has 178 valence electrons.